The molecule has 0 spiro atoms. The third-order valence-electron chi connectivity index (χ3n) is 4.24. The molecule has 0 unspecified atom stereocenters. The lowest BCUT2D eigenvalue weighted by Gasteiger charge is -2.10. The summed E-state index contributed by atoms with van der Waals surface area (Å²) >= 11 is 6.03. The molecule has 0 saturated heterocycles. The monoisotopic (exact) mass is 416 g/mol. The molecule has 10 nitrogen and oxygen atoms in total. The van der Waals surface area contributed by atoms with Gasteiger partial charge in [-0.3, -0.25) is 24.7 Å². The van der Waals surface area contributed by atoms with Crippen LogP contribution in [0.2, 0.25) is 5.02 Å². The van der Waals surface area contributed by atoms with Crippen molar-refractivity contribution in [3.63, 3.8) is 0 Å². The number of aryl methyl sites for hydroxylation is 2. The van der Waals surface area contributed by atoms with Crippen LogP contribution in [0.15, 0.2) is 29.1 Å². The van der Waals surface area contributed by atoms with Crippen LogP contribution in [0.1, 0.15) is 34.2 Å². The quantitative estimate of drug-likeness (QED) is 0.484. The molecule has 1 aromatic carbocycles. The number of benzene rings is 1. The van der Waals surface area contributed by atoms with Gasteiger partial charge >= 0.3 is 0 Å². The third kappa shape index (κ3) is 4.02. The fourth-order valence-electron chi connectivity index (χ4n) is 2.85. The number of aromatic amines is 1. The number of H-pyrrole nitrogens is 1. The number of hydrogen-bond donors (Lipinski definition) is 2. The van der Waals surface area contributed by atoms with Crippen LogP contribution in [0, 0.1) is 24.0 Å². The highest BCUT2D eigenvalue weighted by Gasteiger charge is 2.19. The van der Waals surface area contributed by atoms with E-state index in [0.29, 0.717) is 23.4 Å². The van der Waals surface area contributed by atoms with Crippen LogP contribution in [0.3, 0.4) is 0 Å². The maximum Gasteiger partial charge on any atom is 0.270 e. The van der Waals surface area contributed by atoms with Crippen molar-refractivity contribution in [1.82, 2.24) is 19.7 Å². The van der Waals surface area contributed by atoms with E-state index in [-0.39, 0.29) is 33.6 Å². The van der Waals surface area contributed by atoms with Gasteiger partial charge in [-0.15, -0.1) is 0 Å². The molecule has 2 aromatic heterocycles. The second-order valence-corrected chi connectivity index (χ2v) is 6.67. The van der Waals surface area contributed by atoms with E-state index in [1.807, 2.05) is 6.92 Å². The van der Waals surface area contributed by atoms with Gasteiger partial charge in [-0.2, -0.15) is 9.78 Å². The first kappa shape index (κ1) is 20.2. The largest absolute Gasteiger partial charge is 0.306 e. The molecule has 0 saturated carbocycles. The Kier molecular flexibility index (Phi) is 5.46. The Morgan fingerprint density at radius 3 is 2.69 bits per heavy atom. The number of anilines is 1. The molecule has 3 rings (SSSR count). The highest BCUT2D eigenvalue weighted by atomic mass is 35.5. The molecule has 3 aromatic rings. The molecule has 0 atom stereocenters. The number of nitrogens with one attached hydrogen (secondary N) is 2. The maximum absolute atomic E-state index is 12.7. The number of aromatic nitrogens is 4. The van der Waals surface area contributed by atoms with Crippen molar-refractivity contribution < 1.29 is 9.72 Å². The van der Waals surface area contributed by atoms with E-state index < -0.39 is 10.8 Å². The Hall–Kier alpha value is -3.53. The van der Waals surface area contributed by atoms with Gasteiger partial charge in [0.25, 0.3) is 17.2 Å². The van der Waals surface area contributed by atoms with Gasteiger partial charge in [-0.25, -0.2) is 4.98 Å². The number of nitro groups is 1. The second kappa shape index (κ2) is 7.84. The lowest BCUT2D eigenvalue weighted by molar-refractivity contribution is -0.384. The van der Waals surface area contributed by atoms with Crippen LogP contribution in [-0.2, 0) is 6.42 Å². The number of halogens is 1. The van der Waals surface area contributed by atoms with E-state index in [1.165, 1.54) is 16.8 Å². The summed E-state index contributed by atoms with van der Waals surface area (Å²) in [6, 6.07) is 5.15. The number of rotatable bonds is 5. The second-order valence-electron chi connectivity index (χ2n) is 6.27. The van der Waals surface area contributed by atoms with Gasteiger partial charge in [0.15, 0.2) is 0 Å². The minimum atomic E-state index is -0.663. The van der Waals surface area contributed by atoms with Crippen molar-refractivity contribution >= 4 is 29.0 Å². The number of carbonyl (C=O) groups is 1. The molecule has 29 heavy (non-hydrogen) atoms. The molecular weight excluding hydrogens is 400 g/mol. The van der Waals surface area contributed by atoms with E-state index in [9.17, 15) is 19.7 Å². The summed E-state index contributed by atoms with van der Waals surface area (Å²) in [4.78, 5) is 42.3. The van der Waals surface area contributed by atoms with E-state index in [2.05, 4.69) is 20.4 Å². The van der Waals surface area contributed by atoms with Gasteiger partial charge in [0.1, 0.15) is 5.82 Å². The Bertz CT molecular complexity index is 1180. The Morgan fingerprint density at radius 1 is 1.34 bits per heavy atom. The van der Waals surface area contributed by atoms with Gasteiger partial charge in [-0.1, -0.05) is 18.5 Å². The fraction of sp³-hybridized carbons (Fsp3) is 0.222. The van der Waals surface area contributed by atoms with Crippen LogP contribution in [-0.4, -0.2) is 30.6 Å². The van der Waals surface area contributed by atoms with Gasteiger partial charge in [0.05, 0.1) is 21.2 Å². The van der Waals surface area contributed by atoms with Crippen molar-refractivity contribution in [1.29, 1.82) is 0 Å². The number of amides is 1. The molecule has 0 aliphatic heterocycles. The van der Waals surface area contributed by atoms with Gasteiger partial charge in [-0.05, 0) is 26.3 Å². The number of nitrogens with zero attached hydrogens (tertiary/aromatic N) is 4. The zero-order valence-electron chi connectivity index (χ0n) is 15.8. The Morgan fingerprint density at radius 2 is 2.07 bits per heavy atom. The van der Waals surface area contributed by atoms with Crippen molar-refractivity contribution in [2.24, 2.45) is 0 Å². The lowest BCUT2D eigenvalue weighted by Crippen LogP contribution is -2.22. The molecule has 2 N–H and O–H groups in total. The smallest absolute Gasteiger partial charge is 0.270 e. The van der Waals surface area contributed by atoms with Crippen LogP contribution in [0.5, 0.6) is 0 Å². The average molecular weight is 417 g/mol. The first-order valence-corrected chi connectivity index (χ1v) is 9.01. The Labute approximate surface area is 169 Å². The van der Waals surface area contributed by atoms with E-state index in [0.717, 1.165) is 6.07 Å². The molecule has 2 heterocycles. The lowest BCUT2D eigenvalue weighted by atomic mass is 10.2. The van der Waals surface area contributed by atoms with Crippen molar-refractivity contribution in [2.45, 2.75) is 27.2 Å². The molecule has 0 aliphatic rings. The number of nitro benzene ring substituents is 1. The highest BCUT2D eigenvalue weighted by molar-refractivity contribution is 6.34. The Balaban J connectivity index is 2.01. The standard InChI is InChI=1S/C18H17ClN6O4/c1-4-12-10(3)20-18(22-16(12)26)24-15(7-9(2)23-24)21-17(27)13-8-11(25(28)29)5-6-14(13)19/h5-8H,4H2,1-3H3,(H,21,27)(H,20,22,26). The molecule has 0 aliphatic carbocycles. The summed E-state index contributed by atoms with van der Waals surface area (Å²) in [5.41, 5.74) is 1.06. The van der Waals surface area contributed by atoms with Crippen LogP contribution >= 0.6 is 11.6 Å². The van der Waals surface area contributed by atoms with Crippen molar-refractivity contribution in [3.05, 3.63) is 72.3 Å². The summed E-state index contributed by atoms with van der Waals surface area (Å²) in [6.07, 6.45) is 0.529. The van der Waals surface area contributed by atoms with E-state index >= 15 is 0 Å². The first-order chi connectivity index (χ1) is 13.7. The van der Waals surface area contributed by atoms with Gasteiger partial charge < -0.3 is 5.32 Å². The predicted octanol–water partition coefficient (Wildman–Crippen LogP) is 2.95. The SMILES string of the molecule is CCc1c(C)nc(-n2nc(C)cc2NC(=O)c2cc([N+](=O)[O-])ccc2Cl)[nH]c1=O. The van der Waals surface area contributed by atoms with Gasteiger partial charge in [0, 0.05) is 29.5 Å². The minimum Gasteiger partial charge on any atom is -0.306 e. The zero-order chi connectivity index (χ0) is 21.3. The van der Waals surface area contributed by atoms with Crippen LogP contribution < -0.4 is 10.9 Å². The van der Waals surface area contributed by atoms with E-state index in [1.54, 1.807) is 19.9 Å². The van der Waals surface area contributed by atoms with Crippen LogP contribution in [0.4, 0.5) is 11.5 Å². The average Bonchev–Trinajstić information content (AvgIpc) is 3.01. The van der Waals surface area contributed by atoms with E-state index in [4.69, 9.17) is 11.6 Å². The molecule has 1 amide bonds. The molecule has 0 fully saturated rings. The molecule has 11 heteroatoms. The topological polar surface area (TPSA) is 136 Å². The molecule has 0 radical (unpaired) electrons. The first-order valence-electron chi connectivity index (χ1n) is 8.63. The predicted molar refractivity (Wildman–Crippen MR) is 107 cm³/mol. The summed E-state index contributed by atoms with van der Waals surface area (Å²) in [5, 5.41) is 17.9. The maximum atomic E-state index is 12.7. The van der Waals surface area contributed by atoms with Crippen LogP contribution in [0.25, 0.3) is 5.95 Å². The summed E-state index contributed by atoms with van der Waals surface area (Å²) in [5.74, 6) is -0.302. The molecular formula is C18H17ClN6O4. The zero-order valence-corrected chi connectivity index (χ0v) is 16.6. The summed E-state index contributed by atoms with van der Waals surface area (Å²) in [7, 11) is 0. The number of hydrogen-bond acceptors (Lipinski definition) is 6. The van der Waals surface area contributed by atoms with Crippen molar-refractivity contribution in [3.8, 4) is 5.95 Å². The highest BCUT2D eigenvalue weighted by Crippen LogP contribution is 2.24. The third-order valence-corrected chi connectivity index (χ3v) is 4.57. The van der Waals surface area contributed by atoms with Gasteiger partial charge in [0.2, 0.25) is 5.95 Å². The normalized spacial score (nSPS) is 10.8. The summed E-state index contributed by atoms with van der Waals surface area (Å²) in [6.45, 7) is 5.28. The number of non-ortho nitro benzene ring substituents is 1. The summed E-state index contributed by atoms with van der Waals surface area (Å²) < 4.78 is 1.28. The minimum absolute atomic E-state index is 0.0607. The van der Waals surface area contributed by atoms with Crippen molar-refractivity contribution in [2.75, 3.05) is 5.32 Å². The molecule has 150 valence electrons. The number of carbonyl (C=O) groups excluding carboxylic acids is 1. The molecule has 0 bridgehead atoms. The fourth-order valence-corrected chi connectivity index (χ4v) is 3.05.